The molecule has 0 aliphatic heterocycles. The minimum absolute atomic E-state index is 0.0369. The molecular weight excluding hydrogens is 370 g/mol. The van der Waals surface area contributed by atoms with Crippen LogP contribution in [-0.2, 0) is 13.0 Å². The van der Waals surface area contributed by atoms with Gasteiger partial charge in [0, 0.05) is 35.5 Å². The minimum Gasteiger partial charge on any atom is -0.497 e. The lowest BCUT2D eigenvalue weighted by Gasteiger charge is -2.30. The van der Waals surface area contributed by atoms with E-state index in [0.717, 1.165) is 12.0 Å². The number of thiophene rings is 1. The summed E-state index contributed by atoms with van der Waals surface area (Å²) >= 11 is 1.72. The minimum atomic E-state index is -0.0369. The van der Waals surface area contributed by atoms with Crippen molar-refractivity contribution in [1.29, 1.82) is 0 Å². The van der Waals surface area contributed by atoms with Gasteiger partial charge < -0.3 is 14.4 Å². The Morgan fingerprint density at radius 1 is 1.00 bits per heavy atom. The van der Waals surface area contributed by atoms with Crippen LogP contribution in [0.5, 0.6) is 11.5 Å². The van der Waals surface area contributed by atoms with Crippen LogP contribution in [0.15, 0.2) is 66.0 Å². The van der Waals surface area contributed by atoms with E-state index in [4.69, 9.17) is 9.47 Å². The molecule has 146 valence electrons. The zero-order chi connectivity index (χ0) is 19.9. The van der Waals surface area contributed by atoms with E-state index in [9.17, 15) is 4.79 Å². The van der Waals surface area contributed by atoms with E-state index in [-0.39, 0.29) is 11.9 Å². The predicted molar refractivity (Wildman–Crippen MR) is 113 cm³/mol. The van der Waals surface area contributed by atoms with Crippen LogP contribution in [0.1, 0.15) is 27.7 Å². The van der Waals surface area contributed by atoms with Gasteiger partial charge in [0.15, 0.2) is 0 Å². The van der Waals surface area contributed by atoms with Gasteiger partial charge in [-0.05, 0) is 36.1 Å². The van der Waals surface area contributed by atoms with Crippen LogP contribution in [0.25, 0.3) is 0 Å². The van der Waals surface area contributed by atoms with Crippen molar-refractivity contribution in [2.75, 3.05) is 14.2 Å². The first-order valence-electron chi connectivity index (χ1n) is 9.21. The third kappa shape index (κ3) is 4.93. The van der Waals surface area contributed by atoms with Gasteiger partial charge >= 0.3 is 0 Å². The van der Waals surface area contributed by atoms with Crippen molar-refractivity contribution in [2.24, 2.45) is 0 Å². The molecule has 28 heavy (non-hydrogen) atoms. The Labute approximate surface area is 170 Å². The summed E-state index contributed by atoms with van der Waals surface area (Å²) in [6.45, 7) is 2.64. The Morgan fingerprint density at radius 3 is 2.25 bits per heavy atom. The summed E-state index contributed by atoms with van der Waals surface area (Å²) in [5, 5.41) is 2.07. The second-order valence-corrected chi connectivity index (χ2v) is 7.68. The number of hydrogen-bond acceptors (Lipinski definition) is 4. The van der Waals surface area contributed by atoms with Gasteiger partial charge in [0.1, 0.15) is 11.5 Å². The van der Waals surface area contributed by atoms with Gasteiger partial charge in [0.25, 0.3) is 5.91 Å². The highest BCUT2D eigenvalue weighted by Crippen LogP contribution is 2.25. The smallest absolute Gasteiger partial charge is 0.254 e. The molecule has 0 saturated carbocycles. The van der Waals surface area contributed by atoms with E-state index in [1.165, 1.54) is 4.88 Å². The van der Waals surface area contributed by atoms with Crippen molar-refractivity contribution in [3.63, 3.8) is 0 Å². The second kappa shape index (κ2) is 9.42. The maximum atomic E-state index is 13.5. The molecule has 3 rings (SSSR count). The van der Waals surface area contributed by atoms with Gasteiger partial charge in [0.2, 0.25) is 0 Å². The molecule has 0 saturated heterocycles. The maximum Gasteiger partial charge on any atom is 0.254 e. The van der Waals surface area contributed by atoms with E-state index < -0.39 is 0 Å². The molecule has 2 aromatic carbocycles. The standard InChI is InChI=1S/C23H25NO3S/c1-17(12-22-10-7-11-28-22)24(16-18-8-5-4-6-9-18)23(25)19-13-20(26-2)15-21(14-19)27-3/h4-11,13-15,17H,12,16H2,1-3H3. The number of methoxy groups -OCH3 is 2. The van der Waals surface area contributed by atoms with Gasteiger partial charge in [-0.3, -0.25) is 4.79 Å². The van der Waals surface area contributed by atoms with E-state index >= 15 is 0 Å². The molecule has 0 fully saturated rings. The van der Waals surface area contributed by atoms with Crippen molar-refractivity contribution in [3.8, 4) is 11.5 Å². The highest BCUT2D eigenvalue weighted by Gasteiger charge is 2.23. The van der Waals surface area contributed by atoms with Crippen molar-refractivity contribution >= 4 is 17.2 Å². The zero-order valence-electron chi connectivity index (χ0n) is 16.4. The summed E-state index contributed by atoms with van der Waals surface area (Å²) in [6.07, 6.45) is 0.817. The molecule has 1 aromatic heterocycles. The highest BCUT2D eigenvalue weighted by atomic mass is 32.1. The number of benzene rings is 2. The second-order valence-electron chi connectivity index (χ2n) is 6.65. The fourth-order valence-electron chi connectivity index (χ4n) is 3.13. The lowest BCUT2D eigenvalue weighted by atomic mass is 10.1. The van der Waals surface area contributed by atoms with Gasteiger partial charge in [-0.25, -0.2) is 0 Å². The SMILES string of the molecule is COc1cc(OC)cc(C(=O)N(Cc2ccccc2)C(C)Cc2cccs2)c1. The Balaban J connectivity index is 1.91. The molecule has 1 heterocycles. The van der Waals surface area contributed by atoms with Crippen LogP contribution in [0.4, 0.5) is 0 Å². The molecular formula is C23H25NO3S. The van der Waals surface area contributed by atoms with Gasteiger partial charge in [0.05, 0.1) is 14.2 Å². The Hall–Kier alpha value is -2.79. The number of carbonyl (C=O) groups excluding carboxylic acids is 1. The molecule has 0 bridgehead atoms. The summed E-state index contributed by atoms with van der Waals surface area (Å²) in [5.41, 5.74) is 1.66. The topological polar surface area (TPSA) is 38.8 Å². The summed E-state index contributed by atoms with van der Waals surface area (Å²) < 4.78 is 10.7. The van der Waals surface area contributed by atoms with Crippen LogP contribution in [0.2, 0.25) is 0 Å². The van der Waals surface area contributed by atoms with Crippen molar-refractivity contribution in [2.45, 2.75) is 25.9 Å². The molecule has 0 spiro atoms. The molecule has 5 heteroatoms. The predicted octanol–water partition coefficient (Wildman–Crippen LogP) is 5.04. The number of rotatable bonds is 8. The number of amides is 1. The third-order valence-corrected chi connectivity index (χ3v) is 5.56. The first-order valence-corrected chi connectivity index (χ1v) is 10.1. The number of ether oxygens (including phenoxy) is 2. The van der Waals surface area contributed by atoms with Crippen molar-refractivity contribution in [1.82, 2.24) is 4.90 Å². The van der Waals surface area contributed by atoms with Crippen LogP contribution < -0.4 is 9.47 Å². The van der Waals surface area contributed by atoms with E-state index in [2.05, 4.69) is 18.4 Å². The van der Waals surface area contributed by atoms with Gasteiger partial charge in [-0.15, -0.1) is 11.3 Å². The molecule has 1 unspecified atom stereocenters. The van der Waals surface area contributed by atoms with Crippen molar-refractivity contribution < 1.29 is 14.3 Å². The quantitative estimate of drug-likeness (QED) is 0.536. The number of carbonyl (C=O) groups is 1. The molecule has 0 aliphatic carbocycles. The van der Waals surface area contributed by atoms with Crippen LogP contribution in [-0.4, -0.2) is 31.1 Å². The van der Waals surface area contributed by atoms with E-state index in [0.29, 0.717) is 23.6 Å². The average Bonchev–Trinajstić information content (AvgIpc) is 3.24. The summed E-state index contributed by atoms with van der Waals surface area (Å²) in [4.78, 5) is 16.7. The monoisotopic (exact) mass is 395 g/mol. The van der Waals surface area contributed by atoms with Crippen LogP contribution >= 0.6 is 11.3 Å². The first kappa shape index (κ1) is 20.0. The molecule has 1 amide bonds. The maximum absolute atomic E-state index is 13.5. The Morgan fingerprint density at radius 2 is 1.68 bits per heavy atom. The molecule has 0 radical (unpaired) electrons. The van der Waals surface area contributed by atoms with Gasteiger partial charge in [-0.1, -0.05) is 36.4 Å². The molecule has 0 N–H and O–H groups in total. The Kier molecular flexibility index (Phi) is 6.71. The Bertz CT molecular complexity index is 871. The lowest BCUT2D eigenvalue weighted by molar-refractivity contribution is 0.0675. The average molecular weight is 396 g/mol. The van der Waals surface area contributed by atoms with Crippen molar-refractivity contribution in [3.05, 3.63) is 82.0 Å². The highest BCUT2D eigenvalue weighted by molar-refractivity contribution is 7.09. The summed E-state index contributed by atoms with van der Waals surface area (Å²) in [6, 6.07) is 19.6. The fraction of sp³-hybridized carbons (Fsp3) is 0.261. The summed E-state index contributed by atoms with van der Waals surface area (Å²) in [7, 11) is 3.17. The summed E-state index contributed by atoms with van der Waals surface area (Å²) in [5.74, 6) is 1.17. The fourth-order valence-corrected chi connectivity index (χ4v) is 3.96. The zero-order valence-corrected chi connectivity index (χ0v) is 17.2. The normalized spacial score (nSPS) is 11.7. The molecule has 0 aliphatic rings. The number of hydrogen-bond donors (Lipinski definition) is 0. The van der Waals surface area contributed by atoms with Crippen LogP contribution in [0.3, 0.4) is 0 Å². The van der Waals surface area contributed by atoms with E-state index in [1.807, 2.05) is 41.3 Å². The van der Waals surface area contributed by atoms with E-state index in [1.54, 1.807) is 43.8 Å². The first-order chi connectivity index (χ1) is 13.6. The number of nitrogens with zero attached hydrogens (tertiary/aromatic N) is 1. The van der Waals surface area contributed by atoms with Gasteiger partial charge in [-0.2, -0.15) is 0 Å². The lowest BCUT2D eigenvalue weighted by Crippen LogP contribution is -2.39. The molecule has 1 atom stereocenters. The molecule has 3 aromatic rings. The molecule has 4 nitrogen and oxygen atoms in total. The third-order valence-electron chi connectivity index (χ3n) is 4.66. The largest absolute Gasteiger partial charge is 0.497 e. The van der Waals surface area contributed by atoms with Crippen LogP contribution in [0, 0.1) is 0 Å².